The first-order valence-corrected chi connectivity index (χ1v) is 8.77. The van der Waals surface area contributed by atoms with E-state index in [2.05, 4.69) is 20.1 Å². The number of hydrogen-bond acceptors (Lipinski definition) is 4. The van der Waals surface area contributed by atoms with E-state index >= 15 is 0 Å². The van der Waals surface area contributed by atoms with Gasteiger partial charge in [-0.1, -0.05) is 0 Å². The van der Waals surface area contributed by atoms with Gasteiger partial charge in [-0.25, -0.2) is 0 Å². The number of phenolic OH excluding ortho intramolecular Hbond substituents is 1. The molecular formula is C18H28N4O2. The fourth-order valence-corrected chi connectivity index (χ4v) is 3.68. The van der Waals surface area contributed by atoms with Gasteiger partial charge in [-0.05, 0) is 50.6 Å². The van der Waals surface area contributed by atoms with Crippen molar-refractivity contribution in [2.45, 2.75) is 31.8 Å². The third-order valence-electron chi connectivity index (χ3n) is 5.06. The lowest BCUT2D eigenvalue weighted by molar-refractivity contribution is 0.249. The molecule has 6 nitrogen and oxygen atoms in total. The van der Waals surface area contributed by atoms with E-state index in [1.165, 1.54) is 32.4 Å². The van der Waals surface area contributed by atoms with Crippen molar-refractivity contribution in [3.05, 3.63) is 23.8 Å². The fraction of sp³-hybridized carbons (Fsp3) is 0.611. The van der Waals surface area contributed by atoms with Crippen LogP contribution in [0.3, 0.4) is 0 Å². The van der Waals surface area contributed by atoms with Crippen molar-refractivity contribution in [3.63, 3.8) is 0 Å². The summed E-state index contributed by atoms with van der Waals surface area (Å²) in [4.78, 5) is 9.35. The van der Waals surface area contributed by atoms with E-state index in [0.717, 1.165) is 30.4 Å². The summed E-state index contributed by atoms with van der Waals surface area (Å²) in [7, 11) is 3.45. The van der Waals surface area contributed by atoms with Gasteiger partial charge in [0.2, 0.25) is 0 Å². The van der Waals surface area contributed by atoms with Crippen LogP contribution in [-0.4, -0.2) is 67.2 Å². The molecule has 2 heterocycles. The average molecular weight is 332 g/mol. The summed E-state index contributed by atoms with van der Waals surface area (Å²) in [6.07, 6.45) is 3.86. The highest BCUT2D eigenvalue weighted by molar-refractivity contribution is 5.80. The zero-order valence-electron chi connectivity index (χ0n) is 14.7. The van der Waals surface area contributed by atoms with E-state index in [0.29, 0.717) is 12.6 Å². The Kier molecular flexibility index (Phi) is 5.45. The number of nitrogens with one attached hydrogen (secondary N) is 1. The van der Waals surface area contributed by atoms with E-state index in [4.69, 9.17) is 4.74 Å². The van der Waals surface area contributed by atoms with Crippen LogP contribution in [0.15, 0.2) is 23.2 Å². The van der Waals surface area contributed by atoms with Gasteiger partial charge in [0.05, 0.1) is 7.11 Å². The summed E-state index contributed by atoms with van der Waals surface area (Å²) < 4.78 is 5.23. The standard InChI is InChI=1S/C18H28N4O2/c1-19-18(20-12-14-11-16(24-2)5-6-17(14)23)22-10-7-15(13-22)21-8-3-4-9-21/h5-6,11,15,23H,3-4,7-10,12-13H2,1-2H3,(H,19,20). The molecule has 0 saturated carbocycles. The molecule has 2 N–H and O–H groups in total. The molecule has 1 aromatic carbocycles. The van der Waals surface area contributed by atoms with Crippen molar-refractivity contribution in [2.24, 2.45) is 4.99 Å². The second kappa shape index (κ2) is 7.75. The van der Waals surface area contributed by atoms with E-state index in [1.54, 1.807) is 19.2 Å². The summed E-state index contributed by atoms with van der Waals surface area (Å²) >= 11 is 0. The Balaban J connectivity index is 1.57. The molecule has 0 spiro atoms. The Morgan fingerprint density at radius 3 is 2.83 bits per heavy atom. The predicted molar refractivity (Wildman–Crippen MR) is 95.6 cm³/mol. The lowest BCUT2D eigenvalue weighted by Crippen LogP contribution is -2.42. The molecule has 3 rings (SSSR count). The maximum atomic E-state index is 10.0. The summed E-state index contributed by atoms with van der Waals surface area (Å²) in [5.74, 6) is 1.92. The SMILES string of the molecule is CN=C(NCc1cc(OC)ccc1O)N1CCC(N2CCCC2)C1. The maximum Gasteiger partial charge on any atom is 0.193 e. The van der Waals surface area contributed by atoms with Crippen LogP contribution in [0.2, 0.25) is 0 Å². The fourth-order valence-electron chi connectivity index (χ4n) is 3.68. The largest absolute Gasteiger partial charge is 0.508 e. The first-order chi connectivity index (χ1) is 11.7. The first-order valence-electron chi connectivity index (χ1n) is 8.77. The van der Waals surface area contributed by atoms with Crippen molar-refractivity contribution >= 4 is 5.96 Å². The normalized spacial score (nSPS) is 22.2. The Bertz CT molecular complexity index is 584. The minimum absolute atomic E-state index is 0.273. The van der Waals surface area contributed by atoms with Gasteiger partial charge in [0, 0.05) is 38.3 Å². The highest BCUT2D eigenvalue weighted by Gasteiger charge is 2.30. The molecule has 0 aromatic heterocycles. The third kappa shape index (κ3) is 3.75. The molecule has 1 atom stereocenters. The molecule has 1 aromatic rings. The Labute approximate surface area is 144 Å². The molecule has 0 bridgehead atoms. The zero-order valence-corrected chi connectivity index (χ0v) is 14.7. The molecule has 2 aliphatic rings. The highest BCUT2D eigenvalue weighted by atomic mass is 16.5. The third-order valence-corrected chi connectivity index (χ3v) is 5.06. The van der Waals surface area contributed by atoms with E-state index < -0.39 is 0 Å². The van der Waals surface area contributed by atoms with Crippen LogP contribution >= 0.6 is 0 Å². The van der Waals surface area contributed by atoms with E-state index in [-0.39, 0.29) is 5.75 Å². The Morgan fingerprint density at radius 2 is 2.12 bits per heavy atom. The quantitative estimate of drug-likeness (QED) is 0.648. The van der Waals surface area contributed by atoms with E-state index in [9.17, 15) is 5.11 Å². The molecular weight excluding hydrogens is 304 g/mol. The molecule has 1 unspecified atom stereocenters. The van der Waals surface area contributed by atoms with Gasteiger partial charge in [-0.2, -0.15) is 0 Å². The number of phenols is 1. The molecule has 0 aliphatic carbocycles. The van der Waals surface area contributed by atoms with Crippen LogP contribution in [0.4, 0.5) is 0 Å². The molecule has 132 valence electrons. The lowest BCUT2D eigenvalue weighted by Gasteiger charge is -2.25. The van der Waals surface area contributed by atoms with Gasteiger partial charge < -0.3 is 20.1 Å². The van der Waals surface area contributed by atoms with Crippen LogP contribution < -0.4 is 10.1 Å². The van der Waals surface area contributed by atoms with Gasteiger partial charge in [0.1, 0.15) is 11.5 Å². The number of rotatable bonds is 4. The molecule has 2 fully saturated rings. The first kappa shape index (κ1) is 16.9. The number of likely N-dealkylation sites (tertiary alicyclic amines) is 2. The second-order valence-corrected chi connectivity index (χ2v) is 6.53. The van der Waals surface area contributed by atoms with Gasteiger partial charge >= 0.3 is 0 Å². The monoisotopic (exact) mass is 332 g/mol. The number of guanidine groups is 1. The van der Waals surface area contributed by atoms with Crippen molar-refractivity contribution in [1.29, 1.82) is 0 Å². The van der Waals surface area contributed by atoms with Gasteiger partial charge in [-0.3, -0.25) is 9.89 Å². The number of aliphatic imine (C=N–C) groups is 1. The second-order valence-electron chi connectivity index (χ2n) is 6.53. The van der Waals surface area contributed by atoms with E-state index in [1.807, 2.05) is 13.1 Å². The number of methoxy groups -OCH3 is 1. The molecule has 24 heavy (non-hydrogen) atoms. The van der Waals surface area contributed by atoms with Crippen LogP contribution in [0.5, 0.6) is 11.5 Å². The van der Waals surface area contributed by atoms with Crippen LogP contribution in [0, 0.1) is 0 Å². The summed E-state index contributed by atoms with van der Waals surface area (Å²) in [6, 6.07) is 5.93. The maximum absolute atomic E-state index is 10.0. The van der Waals surface area contributed by atoms with Crippen molar-refractivity contribution in [2.75, 3.05) is 40.3 Å². The minimum Gasteiger partial charge on any atom is -0.508 e. The smallest absolute Gasteiger partial charge is 0.193 e. The number of benzene rings is 1. The van der Waals surface area contributed by atoms with Crippen LogP contribution in [0.1, 0.15) is 24.8 Å². The highest BCUT2D eigenvalue weighted by Crippen LogP contribution is 2.23. The summed E-state index contributed by atoms with van der Waals surface area (Å²) in [5, 5.41) is 13.4. The minimum atomic E-state index is 0.273. The van der Waals surface area contributed by atoms with Crippen molar-refractivity contribution < 1.29 is 9.84 Å². The topological polar surface area (TPSA) is 60.3 Å². The number of aromatic hydroxyl groups is 1. The molecule has 2 aliphatic heterocycles. The zero-order chi connectivity index (χ0) is 16.9. The van der Waals surface area contributed by atoms with Gasteiger partial charge in [-0.15, -0.1) is 0 Å². The molecule has 0 amide bonds. The lowest BCUT2D eigenvalue weighted by atomic mass is 10.2. The number of ether oxygens (including phenoxy) is 1. The number of hydrogen-bond donors (Lipinski definition) is 2. The van der Waals surface area contributed by atoms with Crippen molar-refractivity contribution in [1.82, 2.24) is 15.1 Å². The Hall–Kier alpha value is -1.95. The average Bonchev–Trinajstić information content (AvgIpc) is 3.28. The predicted octanol–water partition coefficient (Wildman–Crippen LogP) is 1.65. The molecule has 0 radical (unpaired) electrons. The number of nitrogens with zero attached hydrogens (tertiary/aromatic N) is 3. The van der Waals surface area contributed by atoms with Crippen LogP contribution in [-0.2, 0) is 6.54 Å². The Morgan fingerprint density at radius 1 is 1.33 bits per heavy atom. The summed E-state index contributed by atoms with van der Waals surface area (Å²) in [5.41, 5.74) is 0.811. The summed E-state index contributed by atoms with van der Waals surface area (Å²) in [6.45, 7) is 5.07. The van der Waals surface area contributed by atoms with Gasteiger partial charge in [0.25, 0.3) is 0 Å². The van der Waals surface area contributed by atoms with Crippen LogP contribution in [0.25, 0.3) is 0 Å². The van der Waals surface area contributed by atoms with Crippen molar-refractivity contribution in [3.8, 4) is 11.5 Å². The van der Waals surface area contributed by atoms with Gasteiger partial charge in [0.15, 0.2) is 5.96 Å². The molecule has 2 saturated heterocycles. The molecule has 6 heteroatoms.